The van der Waals surface area contributed by atoms with E-state index in [2.05, 4.69) is 11.9 Å². The Balaban J connectivity index is 1.96. The van der Waals surface area contributed by atoms with Crippen LogP contribution >= 0.6 is 0 Å². The fourth-order valence-electron chi connectivity index (χ4n) is 2.05. The van der Waals surface area contributed by atoms with Gasteiger partial charge in [-0.05, 0) is 44.2 Å². The van der Waals surface area contributed by atoms with E-state index in [0.717, 1.165) is 5.41 Å². The molecule has 1 aliphatic heterocycles. The molecule has 58 valence electrons. The zero-order valence-corrected chi connectivity index (χ0v) is 6.60. The average molecular weight is 138 g/mol. The van der Waals surface area contributed by atoms with Gasteiger partial charge in [0.2, 0.25) is 0 Å². The summed E-state index contributed by atoms with van der Waals surface area (Å²) in [5.74, 6) is 0. The van der Waals surface area contributed by atoms with Gasteiger partial charge in [-0.25, -0.2) is 0 Å². The van der Waals surface area contributed by atoms with Crippen molar-refractivity contribution in [1.82, 2.24) is 4.90 Å². The summed E-state index contributed by atoms with van der Waals surface area (Å²) < 4.78 is 0. The van der Waals surface area contributed by atoms with Crippen LogP contribution in [-0.4, -0.2) is 18.0 Å². The Morgan fingerprint density at radius 3 is 2.60 bits per heavy atom. The van der Waals surface area contributed by atoms with Crippen molar-refractivity contribution >= 4 is 0 Å². The minimum atomic E-state index is 0.748. The van der Waals surface area contributed by atoms with Crippen LogP contribution in [0, 0.1) is 12.5 Å². The zero-order chi connectivity index (χ0) is 7.03. The van der Waals surface area contributed by atoms with Crippen LogP contribution in [0.2, 0.25) is 0 Å². The highest BCUT2D eigenvalue weighted by Crippen LogP contribution is 2.51. The summed E-state index contributed by atoms with van der Waals surface area (Å²) in [7, 11) is 4.03. The van der Waals surface area contributed by atoms with E-state index in [-0.39, 0.29) is 0 Å². The highest BCUT2D eigenvalue weighted by Gasteiger charge is 2.42. The fraction of sp³-hybridized carbons (Fsp3) is 0.889. The van der Waals surface area contributed by atoms with Gasteiger partial charge in [0.1, 0.15) is 0 Å². The predicted molar refractivity (Wildman–Crippen MR) is 42.4 cm³/mol. The molecule has 1 aliphatic carbocycles. The number of likely N-dealkylation sites (tertiary alicyclic amines) is 1. The fourth-order valence-corrected chi connectivity index (χ4v) is 2.05. The number of rotatable bonds is 0. The Kier molecular flexibility index (Phi) is 1.48. The second kappa shape index (κ2) is 2.23. The van der Waals surface area contributed by atoms with Gasteiger partial charge in [-0.3, -0.25) is 7.05 Å². The maximum atomic E-state index is 4.03. The summed E-state index contributed by atoms with van der Waals surface area (Å²) in [4.78, 5) is 2.26. The number of nitrogens with zero attached hydrogens (tertiary/aromatic N) is 1. The smallest absolute Gasteiger partial charge is 0.0194 e. The van der Waals surface area contributed by atoms with E-state index in [4.69, 9.17) is 0 Å². The van der Waals surface area contributed by atoms with Gasteiger partial charge in [0.15, 0.2) is 0 Å². The third-order valence-corrected chi connectivity index (χ3v) is 2.95. The lowest BCUT2D eigenvalue weighted by atomic mass is 10.0. The third-order valence-electron chi connectivity index (χ3n) is 2.95. The topological polar surface area (TPSA) is 3.24 Å². The lowest BCUT2D eigenvalue weighted by molar-refractivity contribution is 0.313. The van der Waals surface area contributed by atoms with Gasteiger partial charge in [-0.15, -0.1) is 0 Å². The second-order valence-electron chi connectivity index (χ2n) is 4.01. The molecule has 1 saturated carbocycles. The molecular weight excluding hydrogens is 122 g/mol. The van der Waals surface area contributed by atoms with Gasteiger partial charge in [-0.2, -0.15) is 0 Å². The summed E-state index contributed by atoms with van der Waals surface area (Å²) in [5, 5.41) is 0. The van der Waals surface area contributed by atoms with E-state index in [0.29, 0.717) is 0 Å². The van der Waals surface area contributed by atoms with Gasteiger partial charge in [0, 0.05) is 0 Å². The molecule has 1 spiro atoms. The first kappa shape index (κ1) is 6.66. The van der Waals surface area contributed by atoms with E-state index in [1.165, 1.54) is 45.2 Å². The molecule has 2 rings (SSSR count). The Morgan fingerprint density at radius 1 is 1.10 bits per heavy atom. The molecule has 0 N–H and O–H groups in total. The number of hydrogen-bond acceptors (Lipinski definition) is 1. The van der Waals surface area contributed by atoms with Crippen LogP contribution < -0.4 is 0 Å². The summed E-state index contributed by atoms with van der Waals surface area (Å²) >= 11 is 0. The maximum Gasteiger partial charge on any atom is -0.0194 e. The molecule has 0 atom stereocenters. The molecule has 1 heterocycles. The first-order chi connectivity index (χ1) is 4.81. The summed E-state index contributed by atoms with van der Waals surface area (Å²) in [6.45, 7) is 2.49. The molecule has 1 heteroatoms. The summed E-state index contributed by atoms with van der Waals surface area (Å²) in [6, 6.07) is 0. The Bertz CT molecular complexity index is 127. The van der Waals surface area contributed by atoms with Crippen molar-refractivity contribution < 1.29 is 0 Å². The van der Waals surface area contributed by atoms with Gasteiger partial charge >= 0.3 is 0 Å². The van der Waals surface area contributed by atoms with Gasteiger partial charge in [0.05, 0.1) is 0 Å². The standard InChI is InChI=1S/C9H16N/c1-10-7-3-2-4-9(8-10)5-6-9/h1-8H2/q-1. The molecule has 0 aromatic rings. The Hall–Kier alpha value is -0.0400. The summed E-state index contributed by atoms with van der Waals surface area (Å²) in [6.07, 6.45) is 7.22. The van der Waals surface area contributed by atoms with E-state index < -0.39 is 0 Å². The second-order valence-corrected chi connectivity index (χ2v) is 4.01. The zero-order valence-electron chi connectivity index (χ0n) is 6.60. The van der Waals surface area contributed by atoms with Crippen LogP contribution in [0.1, 0.15) is 32.1 Å². The molecule has 0 radical (unpaired) electrons. The largest absolute Gasteiger partial charge is 0.459 e. The first-order valence-corrected chi connectivity index (χ1v) is 4.36. The average Bonchev–Trinajstić information content (AvgIpc) is 2.64. The summed E-state index contributed by atoms with van der Waals surface area (Å²) in [5.41, 5.74) is 0.748. The Morgan fingerprint density at radius 2 is 1.90 bits per heavy atom. The molecular formula is C9H16N-. The quantitative estimate of drug-likeness (QED) is 0.463. The van der Waals surface area contributed by atoms with Crippen LogP contribution in [0.4, 0.5) is 0 Å². The van der Waals surface area contributed by atoms with Crippen LogP contribution in [0.15, 0.2) is 0 Å². The van der Waals surface area contributed by atoms with Crippen molar-refractivity contribution in [1.29, 1.82) is 0 Å². The molecule has 2 fully saturated rings. The first-order valence-electron chi connectivity index (χ1n) is 4.36. The van der Waals surface area contributed by atoms with Crippen molar-refractivity contribution in [3.8, 4) is 0 Å². The number of hydrogen-bond donors (Lipinski definition) is 0. The van der Waals surface area contributed by atoms with Gasteiger partial charge < -0.3 is 4.90 Å². The molecule has 0 amide bonds. The maximum absolute atomic E-state index is 4.03. The molecule has 0 aromatic heterocycles. The molecule has 0 aromatic carbocycles. The highest BCUT2D eigenvalue weighted by molar-refractivity contribution is 4.96. The van der Waals surface area contributed by atoms with E-state index >= 15 is 0 Å². The normalized spacial score (nSPS) is 32.1. The van der Waals surface area contributed by atoms with Gasteiger partial charge in [0.25, 0.3) is 0 Å². The molecule has 1 saturated heterocycles. The highest BCUT2D eigenvalue weighted by atomic mass is 15.1. The van der Waals surface area contributed by atoms with E-state index in [1.54, 1.807) is 0 Å². The van der Waals surface area contributed by atoms with E-state index in [1.807, 2.05) is 0 Å². The lowest BCUT2D eigenvalue weighted by Crippen LogP contribution is -2.22. The molecule has 10 heavy (non-hydrogen) atoms. The molecule has 0 unspecified atom stereocenters. The predicted octanol–water partition coefficient (Wildman–Crippen LogP) is 2.04. The van der Waals surface area contributed by atoms with Crippen LogP contribution in [-0.2, 0) is 0 Å². The monoisotopic (exact) mass is 138 g/mol. The molecule has 0 bridgehead atoms. The molecule has 1 nitrogen and oxygen atoms in total. The van der Waals surface area contributed by atoms with Crippen molar-refractivity contribution in [3.05, 3.63) is 7.05 Å². The van der Waals surface area contributed by atoms with Crippen molar-refractivity contribution in [2.24, 2.45) is 5.41 Å². The lowest BCUT2D eigenvalue weighted by Gasteiger charge is -2.26. The van der Waals surface area contributed by atoms with Gasteiger partial charge in [-0.1, -0.05) is 6.42 Å². The minimum Gasteiger partial charge on any atom is -0.459 e. The van der Waals surface area contributed by atoms with Crippen molar-refractivity contribution in [2.75, 3.05) is 13.1 Å². The SMILES string of the molecule is [CH2-]N1CCCCC2(CC2)C1. The van der Waals surface area contributed by atoms with Crippen molar-refractivity contribution in [3.63, 3.8) is 0 Å². The van der Waals surface area contributed by atoms with E-state index in [9.17, 15) is 0 Å². The van der Waals surface area contributed by atoms with Crippen LogP contribution in [0.25, 0.3) is 0 Å². The molecule has 2 aliphatic rings. The van der Waals surface area contributed by atoms with Crippen LogP contribution in [0.3, 0.4) is 0 Å². The van der Waals surface area contributed by atoms with Crippen LogP contribution in [0.5, 0.6) is 0 Å². The Labute approximate surface area is 63.4 Å². The third kappa shape index (κ3) is 1.20. The minimum absolute atomic E-state index is 0.748. The van der Waals surface area contributed by atoms with Crippen molar-refractivity contribution in [2.45, 2.75) is 32.1 Å².